The van der Waals surface area contributed by atoms with Gasteiger partial charge in [-0.1, -0.05) is 111 Å². The zero-order chi connectivity index (χ0) is 40.5. The van der Waals surface area contributed by atoms with Crippen LogP contribution in [0.1, 0.15) is 175 Å². The monoisotopic (exact) mass is 815 g/mol. The Bertz CT molecular complexity index is 1200. The van der Waals surface area contributed by atoms with Gasteiger partial charge in [0.1, 0.15) is 6.10 Å². The second kappa shape index (κ2) is 21.6. The van der Waals surface area contributed by atoms with Crippen LogP contribution in [-0.4, -0.2) is 92.5 Å². The standard InChI is InChI=1S/C45H83O10P/c1-5-6-7-8-9-10-11-12-13-14-15-16-17-18-23-53-30-39-38(29-42(49)55-39)54-24-19-20-31(2)34-21-22-35-43-36(28-40(48)45(34,35)4)44(3)32(26-37(43)47)25-33(46)27-41(44)56(50,51)52/h31-43,46-49H,5-30H2,1-4H3,(H2,50,51,52)/t31-,32+,33+,34-,35+,36+,37-,38+,39-,40+,41?,42?,43+,44+,45-/m1/s1. The molecule has 10 nitrogen and oxygen atoms in total. The SMILES string of the molecule is CCCCCCCCCCCCCCCCOC[C@H]1OC(O)C[C@@H]1OCCC[C@@H](C)[C@H]1CC[C@H]2[C@@H]3[C@H](O)C[C@@H]4C[C@H](O)CC(P(=O)(O)O)[C@]4(C)[C@H]3C[C@H](O)[C@]12C. The maximum absolute atomic E-state index is 12.9. The van der Waals surface area contributed by atoms with Crippen molar-refractivity contribution in [3.8, 4) is 0 Å². The number of rotatable bonds is 24. The molecule has 4 aliphatic carbocycles. The Morgan fingerprint density at radius 3 is 1.98 bits per heavy atom. The molecular weight excluding hydrogens is 731 g/mol. The van der Waals surface area contributed by atoms with Crippen molar-refractivity contribution in [2.75, 3.05) is 19.8 Å². The van der Waals surface area contributed by atoms with Gasteiger partial charge in [-0.15, -0.1) is 0 Å². The topological polar surface area (TPSA) is 166 Å². The second-order valence-electron chi connectivity index (χ2n) is 19.8. The van der Waals surface area contributed by atoms with Crippen LogP contribution in [0.3, 0.4) is 0 Å². The first-order valence-corrected chi connectivity index (χ1v) is 25.0. The number of aliphatic hydroxyl groups is 4. The molecule has 56 heavy (non-hydrogen) atoms. The van der Waals surface area contributed by atoms with E-state index in [1.54, 1.807) is 0 Å². The molecule has 5 fully saturated rings. The van der Waals surface area contributed by atoms with E-state index in [1.807, 2.05) is 6.92 Å². The predicted molar refractivity (Wildman–Crippen MR) is 220 cm³/mol. The van der Waals surface area contributed by atoms with Crippen LogP contribution in [-0.2, 0) is 18.8 Å². The summed E-state index contributed by atoms with van der Waals surface area (Å²) in [5, 5.41) is 44.5. The van der Waals surface area contributed by atoms with Gasteiger partial charge in [-0.25, -0.2) is 0 Å². The van der Waals surface area contributed by atoms with Gasteiger partial charge in [-0.05, 0) is 104 Å². The second-order valence-corrected chi connectivity index (χ2v) is 21.6. The van der Waals surface area contributed by atoms with E-state index >= 15 is 0 Å². The first kappa shape index (κ1) is 46.9. The van der Waals surface area contributed by atoms with Gasteiger partial charge in [0.15, 0.2) is 6.29 Å². The third-order valence-electron chi connectivity index (χ3n) is 16.3. The number of unbranched alkanes of at least 4 members (excludes halogenated alkanes) is 13. The third-order valence-corrected chi connectivity index (χ3v) is 17.8. The lowest BCUT2D eigenvalue weighted by Crippen LogP contribution is -2.65. The van der Waals surface area contributed by atoms with Crippen molar-refractivity contribution in [3.63, 3.8) is 0 Å². The first-order valence-electron chi connectivity index (χ1n) is 23.3. The zero-order valence-corrected chi connectivity index (χ0v) is 36.5. The van der Waals surface area contributed by atoms with Crippen molar-refractivity contribution in [1.82, 2.24) is 0 Å². The maximum Gasteiger partial charge on any atom is 0.329 e. The van der Waals surface area contributed by atoms with Crippen molar-refractivity contribution < 1.29 is 49.0 Å². The van der Waals surface area contributed by atoms with Crippen LogP contribution in [0, 0.1) is 46.3 Å². The number of aliphatic hydroxyl groups excluding tert-OH is 4. The summed E-state index contributed by atoms with van der Waals surface area (Å²) in [4.78, 5) is 21.0. The average molecular weight is 815 g/mol. The van der Waals surface area contributed by atoms with Crippen LogP contribution >= 0.6 is 7.60 Å². The number of hydrogen-bond acceptors (Lipinski definition) is 8. The molecule has 5 aliphatic rings. The van der Waals surface area contributed by atoms with Gasteiger partial charge >= 0.3 is 7.60 Å². The minimum absolute atomic E-state index is 0.0651. The highest BCUT2D eigenvalue weighted by atomic mass is 31.2. The lowest BCUT2D eigenvalue weighted by Gasteiger charge is -2.65. The molecule has 0 bridgehead atoms. The van der Waals surface area contributed by atoms with Crippen molar-refractivity contribution in [3.05, 3.63) is 0 Å². The Labute approximate surface area is 339 Å². The van der Waals surface area contributed by atoms with Crippen LogP contribution in [0.2, 0.25) is 0 Å². The lowest BCUT2D eigenvalue weighted by molar-refractivity contribution is -0.206. The molecule has 1 aliphatic heterocycles. The predicted octanol–water partition coefficient (Wildman–Crippen LogP) is 8.51. The van der Waals surface area contributed by atoms with E-state index in [0.717, 1.165) is 32.1 Å². The van der Waals surface area contributed by atoms with E-state index in [9.17, 15) is 34.8 Å². The van der Waals surface area contributed by atoms with Gasteiger partial charge in [-0.3, -0.25) is 4.57 Å². The van der Waals surface area contributed by atoms with Crippen molar-refractivity contribution >= 4 is 7.60 Å². The van der Waals surface area contributed by atoms with E-state index in [1.165, 1.54) is 83.5 Å². The van der Waals surface area contributed by atoms with Crippen molar-refractivity contribution in [1.29, 1.82) is 0 Å². The van der Waals surface area contributed by atoms with Crippen molar-refractivity contribution in [2.24, 2.45) is 46.3 Å². The Morgan fingerprint density at radius 2 is 1.36 bits per heavy atom. The molecule has 11 heteroatoms. The minimum Gasteiger partial charge on any atom is -0.393 e. The largest absolute Gasteiger partial charge is 0.393 e. The van der Waals surface area contributed by atoms with Gasteiger partial charge in [0.25, 0.3) is 0 Å². The summed E-state index contributed by atoms with van der Waals surface area (Å²) in [7, 11) is -4.52. The van der Waals surface area contributed by atoms with Crippen LogP contribution in [0.4, 0.5) is 0 Å². The summed E-state index contributed by atoms with van der Waals surface area (Å²) in [6.45, 7) is 10.4. The molecule has 0 amide bonds. The summed E-state index contributed by atoms with van der Waals surface area (Å²) < 4.78 is 30.9. The van der Waals surface area contributed by atoms with E-state index < -0.39 is 48.7 Å². The van der Waals surface area contributed by atoms with E-state index in [2.05, 4.69) is 20.8 Å². The maximum atomic E-state index is 12.9. The molecule has 328 valence electrons. The minimum atomic E-state index is -4.52. The molecule has 0 aromatic carbocycles. The highest BCUT2D eigenvalue weighted by Gasteiger charge is 2.69. The summed E-state index contributed by atoms with van der Waals surface area (Å²) in [5.74, 6) is 0.123. The lowest BCUT2D eigenvalue weighted by atomic mass is 9.43. The summed E-state index contributed by atoms with van der Waals surface area (Å²) >= 11 is 0. The van der Waals surface area contributed by atoms with Gasteiger partial charge < -0.3 is 44.4 Å². The van der Waals surface area contributed by atoms with E-state index in [-0.39, 0.29) is 48.2 Å². The summed E-state index contributed by atoms with van der Waals surface area (Å²) in [5.41, 5.74) is -2.11. The van der Waals surface area contributed by atoms with Gasteiger partial charge in [-0.2, -0.15) is 0 Å². The zero-order valence-electron chi connectivity index (χ0n) is 35.7. The molecule has 1 saturated heterocycles. The molecule has 2 unspecified atom stereocenters. The Morgan fingerprint density at radius 1 is 0.732 bits per heavy atom. The molecule has 0 aromatic rings. The molecule has 6 N–H and O–H groups in total. The summed E-state index contributed by atoms with van der Waals surface area (Å²) in [6.07, 6.45) is 20.7. The molecular formula is C45H83O10P. The third kappa shape index (κ3) is 11.2. The molecule has 5 rings (SSSR count). The number of ether oxygens (including phenoxy) is 3. The van der Waals surface area contributed by atoms with Gasteiger partial charge in [0, 0.05) is 19.6 Å². The number of fused-ring (bicyclic) bond motifs is 5. The van der Waals surface area contributed by atoms with Gasteiger partial charge in [0.05, 0.1) is 36.7 Å². The average Bonchev–Trinajstić information content (AvgIpc) is 3.69. The fourth-order valence-corrected chi connectivity index (χ4v) is 14.8. The molecule has 4 saturated carbocycles. The quantitative estimate of drug-likeness (QED) is 0.0411. The molecule has 15 atom stereocenters. The van der Waals surface area contributed by atoms with E-state index in [4.69, 9.17) is 14.2 Å². The van der Waals surface area contributed by atoms with E-state index in [0.29, 0.717) is 51.4 Å². The molecule has 0 radical (unpaired) electrons. The molecule has 1 heterocycles. The smallest absolute Gasteiger partial charge is 0.329 e. The Hall–Kier alpha value is -0.130. The van der Waals surface area contributed by atoms with Gasteiger partial charge in [0.2, 0.25) is 0 Å². The highest BCUT2D eigenvalue weighted by molar-refractivity contribution is 7.52. The fraction of sp³-hybridized carbons (Fsp3) is 1.00. The molecule has 0 spiro atoms. The van der Waals surface area contributed by atoms with Crippen LogP contribution in [0.5, 0.6) is 0 Å². The Kier molecular flexibility index (Phi) is 18.1. The normalized spacial score (nSPS) is 40.3. The van der Waals surface area contributed by atoms with Crippen LogP contribution in [0.25, 0.3) is 0 Å². The van der Waals surface area contributed by atoms with Crippen LogP contribution < -0.4 is 0 Å². The first-order chi connectivity index (χ1) is 26.7. The summed E-state index contributed by atoms with van der Waals surface area (Å²) in [6, 6.07) is 0. The van der Waals surface area contributed by atoms with Crippen molar-refractivity contribution in [2.45, 2.75) is 218 Å². The number of hydrogen-bond donors (Lipinski definition) is 6. The highest BCUT2D eigenvalue weighted by Crippen LogP contribution is 2.71. The van der Waals surface area contributed by atoms with Crippen LogP contribution in [0.15, 0.2) is 0 Å². The fourth-order valence-electron chi connectivity index (χ4n) is 13.2. The Balaban J connectivity index is 0.998. The molecule has 0 aromatic heterocycles.